The zero-order chi connectivity index (χ0) is 16.2. The number of Topliss-reactive ketones (excluding diaryl/α,β-unsaturated/α-hetero) is 1. The minimum absolute atomic E-state index is 0.0695. The molecule has 0 spiro atoms. The molecular formula is C14H14F2INO3. The Balaban J connectivity index is 3.33. The quantitative estimate of drug-likeness (QED) is 0.143. The van der Waals surface area contributed by atoms with Gasteiger partial charge in [0.25, 0.3) is 0 Å². The van der Waals surface area contributed by atoms with E-state index < -0.39 is 29.0 Å². The van der Waals surface area contributed by atoms with Gasteiger partial charge in [0.1, 0.15) is 5.57 Å². The van der Waals surface area contributed by atoms with Crippen LogP contribution < -0.4 is 0 Å². The minimum atomic E-state index is -1.28. The van der Waals surface area contributed by atoms with Gasteiger partial charge in [-0.05, 0) is 41.6 Å². The Bertz CT molecular complexity index is 600. The summed E-state index contributed by atoms with van der Waals surface area (Å²) in [5.74, 6) is -4.22. The number of benzene rings is 1. The third-order valence-electron chi connectivity index (χ3n) is 2.36. The molecule has 114 valence electrons. The summed E-state index contributed by atoms with van der Waals surface area (Å²) in [7, 11) is 3.19. The highest BCUT2D eigenvalue weighted by atomic mass is 127. The molecule has 0 radical (unpaired) electrons. The van der Waals surface area contributed by atoms with Crippen LogP contribution in [0.15, 0.2) is 23.9 Å². The van der Waals surface area contributed by atoms with Gasteiger partial charge in [0.2, 0.25) is 5.78 Å². The van der Waals surface area contributed by atoms with E-state index in [2.05, 4.69) is 0 Å². The lowest BCUT2D eigenvalue weighted by atomic mass is 10.0. The van der Waals surface area contributed by atoms with E-state index in [9.17, 15) is 18.4 Å². The third kappa shape index (κ3) is 4.48. The monoisotopic (exact) mass is 409 g/mol. The summed E-state index contributed by atoms with van der Waals surface area (Å²) in [6, 6.07) is 2.15. The lowest BCUT2D eigenvalue weighted by Gasteiger charge is -2.11. The largest absolute Gasteiger partial charge is 0.462 e. The van der Waals surface area contributed by atoms with Crippen molar-refractivity contribution in [2.45, 2.75) is 6.92 Å². The van der Waals surface area contributed by atoms with Gasteiger partial charge in [0.15, 0.2) is 11.6 Å². The lowest BCUT2D eigenvalue weighted by Crippen LogP contribution is -2.20. The van der Waals surface area contributed by atoms with Crippen LogP contribution in [0, 0.1) is 15.2 Å². The van der Waals surface area contributed by atoms with E-state index in [1.165, 1.54) is 17.2 Å². The summed E-state index contributed by atoms with van der Waals surface area (Å²) >= 11 is 1.76. The molecule has 0 aliphatic rings. The van der Waals surface area contributed by atoms with Crippen molar-refractivity contribution in [2.24, 2.45) is 0 Å². The molecule has 21 heavy (non-hydrogen) atoms. The maximum atomic E-state index is 13.8. The number of hydrogen-bond donors (Lipinski definition) is 0. The van der Waals surface area contributed by atoms with Gasteiger partial charge in [0.05, 0.1) is 12.2 Å². The van der Waals surface area contributed by atoms with Crippen LogP contribution in [-0.2, 0) is 9.53 Å². The van der Waals surface area contributed by atoms with Crippen molar-refractivity contribution in [1.29, 1.82) is 0 Å². The van der Waals surface area contributed by atoms with Gasteiger partial charge in [-0.3, -0.25) is 4.79 Å². The highest BCUT2D eigenvalue weighted by Crippen LogP contribution is 2.20. The van der Waals surface area contributed by atoms with Gasteiger partial charge in [-0.2, -0.15) is 0 Å². The molecule has 1 rings (SSSR count). The topological polar surface area (TPSA) is 46.6 Å². The fourth-order valence-corrected chi connectivity index (χ4v) is 2.12. The maximum Gasteiger partial charge on any atom is 0.343 e. The molecule has 0 aliphatic heterocycles. The second-order valence-electron chi connectivity index (χ2n) is 4.31. The highest BCUT2D eigenvalue weighted by molar-refractivity contribution is 14.1. The Kier molecular flexibility index (Phi) is 6.25. The van der Waals surface area contributed by atoms with Crippen molar-refractivity contribution in [2.75, 3.05) is 20.7 Å². The molecule has 0 fully saturated rings. The molecule has 0 aromatic heterocycles. The van der Waals surface area contributed by atoms with Crippen molar-refractivity contribution in [3.63, 3.8) is 0 Å². The Morgan fingerprint density at radius 3 is 2.48 bits per heavy atom. The summed E-state index contributed by atoms with van der Waals surface area (Å²) in [6.45, 7) is 1.65. The molecule has 1 aromatic rings. The first-order valence-corrected chi connectivity index (χ1v) is 7.10. The van der Waals surface area contributed by atoms with Gasteiger partial charge >= 0.3 is 5.97 Å². The van der Waals surface area contributed by atoms with Gasteiger partial charge in [0, 0.05) is 23.9 Å². The molecule has 0 bridgehead atoms. The number of ketones is 1. The molecule has 0 amide bonds. The Hall–Kier alpha value is -1.51. The molecule has 0 saturated carbocycles. The molecule has 0 aliphatic carbocycles. The summed E-state index contributed by atoms with van der Waals surface area (Å²) in [5.41, 5.74) is -0.859. The Morgan fingerprint density at radius 1 is 1.33 bits per heavy atom. The highest BCUT2D eigenvalue weighted by Gasteiger charge is 2.26. The van der Waals surface area contributed by atoms with Crippen molar-refractivity contribution in [1.82, 2.24) is 4.90 Å². The van der Waals surface area contributed by atoms with E-state index in [4.69, 9.17) is 4.74 Å². The van der Waals surface area contributed by atoms with Crippen LogP contribution in [0.25, 0.3) is 0 Å². The van der Waals surface area contributed by atoms with Crippen molar-refractivity contribution >= 4 is 34.3 Å². The maximum absolute atomic E-state index is 13.8. The first-order chi connectivity index (χ1) is 9.77. The normalized spacial score (nSPS) is 11.2. The van der Waals surface area contributed by atoms with E-state index in [0.29, 0.717) is 3.57 Å². The molecule has 0 saturated heterocycles. The van der Waals surface area contributed by atoms with Crippen LogP contribution in [-0.4, -0.2) is 37.4 Å². The van der Waals surface area contributed by atoms with Crippen molar-refractivity contribution in [3.05, 3.63) is 44.7 Å². The van der Waals surface area contributed by atoms with Crippen LogP contribution in [0.5, 0.6) is 0 Å². The van der Waals surface area contributed by atoms with E-state index in [1.807, 2.05) is 0 Å². The fourth-order valence-electron chi connectivity index (χ4n) is 1.54. The second kappa shape index (κ2) is 7.48. The number of esters is 1. The first-order valence-electron chi connectivity index (χ1n) is 6.02. The van der Waals surface area contributed by atoms with Gasteiger partial charge in [-0.15, -0.1) is 0 Å². The van der Waals surface area contributed by atoms with Crippen molar-refractivity contribution < 1.29 is 23.1 Å². The second-order valence-corrected chi connectivity index (χ2v) is 5.55. The molecule has 4 nitrogen and oxygen atoms in total. The lowest BCUT2D eigenvalue weighted by molar-refractivity contribution is -0.138. The molecule has 7 heteroatoms. The number of rotatable bonds is 5. The van der Waals surface area contributed by atoms with Crippen LogP contribution in [0.4, 0.5) is 8.78 Å². The van der Waals surface area contributed by atoms with Crippen LogP contribution in [0.1, 0.15) is 17.3 Å². The number of nitrogens with zero attached hydrogens (tertiary/aromatic N) is 1. The molecule has 0 atom stereocenters. The van der Waals surface area contributed by atoms with Crippen LogP contribution in [0.3, 0.4) is 0 Å². The third-order valence-corrected chi connectivity index (χ3v) is 2.99. The van der Waals surface area contributed by atoms with Crippen LogP contribution >= 0.6 is 22.6 Å². The first kappa shape index (κ1) is 17.5. The number of carbonyl (C=O) groups excluding carboxylic acids is 2. The van der Waals surface area contributed by atoms with Gasteiger partial charge in [-0.25, -0.2) is 13.6 Å². The average Bonchev–Trinajstić information content (AvgIpc) is 2.39. The number of ether oxygens (including phenoxy) is 1. The number of carbonyl (C=O) groups is 2. The summed E-state index contributed by atoms with van der Waals surface area (Å²) in [6.07, 6.45) is 1.22. The summed E-state index contributed by atoms with van der Waals surface area (Å²) < 4.78 is 32.3. The average molecular weight is 409 g/mol. The van der Waals surface area contributed by atoms with Crippen molar-refractivity contribution in [3.8, 4) is 0 Å². The van der Waals surface area contributed by atoms with Crippen LogP contribution in [0.2, 0.25) is 0 Å². The zero-order valence-electron chi connectivity index (χ0n) is 11.7. The smallest absolute Gasteiger partial charge is 0.343 e. The van der Waals surface area contributed by atoms with E-state index in [1.54, 1.807) is 43.6 Å². The van der Waals surface area contributed by atoms with Gasteiger partial charge in [-0.1, -0.05) is 0 Å². The predicted molar refractivity (Wildman–Crippen MR) is 81.8 cm³/mol. The SMILES string of the molecule is CCOC(=O)C(=CN(C)C)C(=O)c1cc(I)cc(F)c1F. The summed E-state index contributed by atoms with van der Waals surface area (Å²) in [5, 5.41) is 0. The standard InChI is InChI=1S/C14H14F2INO3/c1-4-21-14(20)10(7-18(2)3)13(19)9-5-8(17)6-11(15)12(9)16/h5-7H,4H2,1-3H3. The minimum Gasteiger partial charge on any atom is -0.462 e. The number of halogens is 3. The Morgan fingerprint density at radius 2 is 1.95 bits per heavy atom. The molecule has 0 heterocycles. The molecule has 0 unspecified atom stereocenters. The molecule has 1 aromatic carbocycles. The molecular weight excluding hydrogens is 395 g/mol. The number of hydrogen-bond acceptors (Lipinski definition) is 4. The van der Waals surface area contributed by atoms with E-state index >= 15 is 0 Å². The Labute approximate surface area is 134 Å². The van der Waals surface area contributed by atoms with E-state index in [0.717, 1.165) is 6.07 Å². The van der Waals surface area contributed by atoms with E-state index in [-0.39, 0.29) is 12.2 Å². The summed E-state index contributed by atoms with van der Waals surface area (Å²) in [4.78, 5) is 25.6. The zero-order valence-corrected chi connectivity index (χ0v) is 13.9. The molecule has 0 N–H and O–H groups in total. The fraction of sp³-hybridized carbons (Fsp3) is 0.286. The predicted octanol–water partition coefficient (Wildman–Crippen LogP) is 2.76. The van der Waals surface area contributed by atoms with Gasteiger partial charge < -0.3 is 9.64 Å².